The van der Waals surface area contributed by atoms with Crippen molar-refractivity contribution in [2.24, 2.45) is 0 Å². The highest BCUT2D eigenvalue weighted by Gasteiger charge is 2.35. The minimum atomic E-state index is 0.400. The fourth-order valence-electron chi connectivity index (χ4n) is 3.40. The first-order valence-corrected chi connectivity index (χ1v) is 7.18. The number of nitrogens with zero attached hydrogens (tertiary/aromatic N) is 1. The largest absolute Gasteiger partial charge is 0.310 e. The quantitative estimate of drug-likeness (QED) is 0.738. The summed E-state index contributed by atoms with van der Waals surface area (Å²) in [4.78, 5) is 2.62. The predicted molar refractivity (Wildman–Crippen MR) is 72.9 cm³/mol. The van der Waals surface area contributed by atoms with Crippen LogP contribution in [-0.4, -0.2) is 36.1 Å². The molecule has 2 heteroatoms. The Labute approximate surface area is 106 Å². The lowest BCUT2D eigenvalue weighted by molar-refractivity contribution is 0.135. The highest BCUT2D eigenvalue weighted by molar-refractivity contribution is 4.98. The molecule has 0 aromatic heterocycles. The lowest BCUT2D eigenvalue weighted by Crippen LogP contribution is -2.54. The number of nitrogens with one attached hydrogen (secondary N) is 1. The van der Waals surface area contributed by atoms with Gasteiger partial charge in [-0.25, -0.2) is 0 Å². The third-order valence-corrected chi connectivity index (χ3v) is 4.48. The van der Waals surface area contributed by atoms with Gasteiger partial charge in [0.1, 0.15) is 0 Å². The van der Waals surface area contributed by atoms with Crippen molar-refractivity contribution in [1.29, 1.82) is 0 Å². The first-order valence-electron chi connectivity index (χ1n) is 7.18. The van der Waals surface area contributed by atoms with E-state index in [9.17, 15) is 0 Å². The maximum atomic E-state index is 5.45. The van der Waals surface area contributed by atoms with E-state index in [4.69, 9.17) is 6.42 Å². The molecule has 0 bridgehead atoms. The van der Waals surface area contributed by atoms with E-state index < -0.39 is 0 Å². The molecule has 1 aliphatic carbocycles. The lowest BCUT2D eigenvalue weighted by atomic mass is 9.81. The van der Waals surface area contributed by atoms with Crippen molar-refractivity contribution in [2.45, 2.75) is 63.5 Å². The van der Waals surface area contributed by atoms with Crippen molar-refractivity contribution in [3.05, 3.63) is 0 Å². The van der Waals surface area contributed by atoms with E-state index in [1.807, 2.05) is 0 Å². The summed E-state index contributed by atoms with van der Waals surface area (Å²) in [7, 11) is 0. The molecule has 2 aliphatic rings. The molecule has 96 valence electrons. The van der Waals surface area contributed by atoms with Crippen LogP contribution in [0, 0.1) is 12.3 Å². The van der Waals surface area contributed by atoms with Gasteiger partial charge in [-0.2, -0.15) is 0 Å². The topological polar surface area (TPSA) is 15.3 Å². The average molecular weight is 234 g/mol. The molecule has 1 heterocycles. The van der Waals surface area contributed by atoms with Gasteiger partial charge in [0.2, 0.25) is 0 Å². The summed E-state index contributed by atoms with van der Waals surface area (Å²) in [6.07, 6.45) is 14.5. The Hall–Kier alpha value is -0.520. The van der Waals surface area contributed by atoms with E-state index >= 15 is 0 Å². The highest BCUT2D eigenvalue weighted by atomic mass is 15.2. The summed E-state index contributed by atoms with van der Waals surface area (Å²) in [5.74, 6) is 2.81. The summed E-state index contributed by atoms with van der Waals surface area (Å²) in [6.45, 7) is 5.87. The summed E-state index contributed by atoms with van der Waals surface area (Å²) in [6, 6.07) is 0.540. The molecular formula is C15H26N2. The van der Waals surface area contributed by atoms with Gasteiger partial charge in [-0.15, -0.1) is 12.3 Å². The van der Waals surface area contributed by atoms with E-state index in [1.165, 1.54) is 58.2 Å². The molecule has 1 saturated carbocycles. The molecule has 2 rings (SSSR count). The van der Waals surface area contributed by atoms with Gasteiger partial charge in [0.15, 0.2) is 0 Å². The average Bonchev–Trinajstić information content (AvgIpc) is 2.54. The summed E-state index contributed by atoms with van der Waals surface area (Å²) in [5.41, 5.74) is 0.400. The second-order valence-electron chi connectivity index (χ2n) is 5.85. The van der Waals surface area contributed by atoms with Gasteiger partial charge in [0.05, 0.1) is 0 Å². The molecule has 2 nitrogen and oxygen atoms in total. The van der Waals surface area contributed by atoms with Crippen LogP contribution in [0.25, 0.3) is 0 Å². The van der Waals surface area contributed by atoms with Gasteiger partial charge in [-0.05, 0) is 39.3 Å². The van der Waals surface area contributed by atoms with Crippen molar-refractivity contribution in [3.63, 3.8) is 0 Å². The number of hydrogen-bond donors (Lipinski definition) is 1. The normalized spacial score (nSPS) is 27.3. The predicted octanol–water partition coefficient (Wildman–Crippen LogP) is 2.40. The van der Waals surface area contributed by atoms with Crippen LogP contribution in [0.15, 0.2) is 0 Å². The Morgan fingerprint density at radius 1 is 1.29 bits per heavy atom. The van der Waals surface area contributed by atoms with Crippen LogP contribution >= 0.6 is 0 Å². The van der Waals surface area contributed by atoms with Gasteiger partial charge < -0.3 is 5.32 Å². The Morgan fingerprint density at radius 2 is 2.06 bits per heavy atom. The zero-order chi connectivity index (χ0) is 12.1. The van der Waals surface area contributed by atoms with Crippen LogP contribution in [0.5, 0.6) is 0 Å². The summed E-state index contributed by atoms with van der Waals surface area (Å²) in [5, 5.41) is 3.83. The van der Waals surface area contributed by atoms with Crippen LogP contribution in [0.4, 0.5) is 0 Å². The molecule has 1 spiro atoms. The minimum Gasteiger partial charge on any atom is -0.310 e. The van der Waals surface area contributed by atoms with Crippen molar-refractivity contribution in [3.8, 4) is 12.3 Å². The lowest BCUT2D eigenvalue weighted by Gasteiger charge is -2.41. The van der Waals surface area contributed by atoms with E-state index in [-0.39, 0.29) is 0 Å². The van der Waals surface area contributed by atoms with Crippen molar-refractivity contribution in [2.75, 3.05) is 19.6 Å². The van der Waals surface area contributed by atoms with Crippen molar-refractivity contribution in [1.82, 2.24) is 10.2 Å². The van der Waals surface area contributed by atoms with Gasteiger partial charge in [-0.3, -0.25) is 4.90 Å². The zero-order valence-corrected chi connectivity index (χ0v) is 11.2. The first-order chi connectivity index (χ1) is 8.26. The molecule has 1 atom stereocenters. The maximum Gasteiger partial charge on any atom is 0.0308 e. The van der Waals surface area contributed by atoms with Crippen LogP contribution < -0.4 is 5.32 Å². The van der Waals surface area contributed by atoms with Crippen molar-refractivity contribution >= 4 is 0 Å². The molecule has 17 heavy (non-hydrogen) atoms. The van der Waals surface area contributed by atoms with Crippen LogP contribution in [-0.2, 0) is 0 Å². The summed E-state index contributed by atoms with van der Waals surface area (Å²) < 4.78 is 0. The standard InChI is InChI=1S/C15H26N2/c1-3-8-14(2)17-12-7-11-16-15(13-17)9-5-4-6-10-15/h1,14,16H,4-13H2,2H3. The van der Waals surface area contributed by atoms with Crippen LogP contribution in [0.2, 0.25) is 0 Å². The van der Waals surface area contributed by atoms with Crippen molar-refractivity contribution < 1.29 is 0 Å². The third-order valence-electron chi connectivity index (χ3n) is 4.48. The SMILES string of the molecule is C#CCC(C)N1CCCNC2(CCCCC2)C1. The Morgan fingerprint density at radius 3 is 2.76 bits per heavy atom. The molecular weight excluding hydrogens is 208 g/mol. The van der Waals surface area contributed by atoms with E-state index in [1.54, 1.807) is 0 Å². The third kappa shape index (κ3) is 3.24. The molecule has 1 aliphatic heterocycles. The monoisotopic (exact) mass is 234 g/mol. The second kappa shape index (κ2) is 5.89. The number of rotatable bonds is 2. The minimum absolute atomic E-state index is 0.400. The van der Waals surface area contributed by atoms with E-state index in [2.05, 4.69) is 23.1 Å². The van der Waals surface area contributed by atoms with Crippen LogP contribution in [0.3, 0.4) is 0 Å². The Balaban J connectivity index is 2.01. The Bertz CT molecular complexity index is 273. The zero-order valence-electron chi connectivity index (χ0n) is 11.2. The molecule has 1 N–H and O–H groups in total. The maximum absolute atomic E-state index is 5.45. The first kappa shape index (κ1) is 12.9. The molecule has 0 aromatic carbocycles. The number of hydrogen-bond acceptors (Lipinski definition) is 2. The second-order valence-corrected chi connectivity index (χ2v) is 5.85. The highest BCUT2D eigenvalue weighted by Crippen LogP contribution is 2.31. The van der Waals surface area contributed by atoms with Gasteiger partial charge in [0, 0.05) is 24.5 Å². The van der Waals surface area contributed by atoms with Crippen LogP contribution in [0.1, 0.15) is 51.9 Å². The number of terminal acetylenes is 1. The molecule has 0 aromatic rings. The smallest absolute Gasteiger partial charge is 0.0308 e. The molecule has 0 amide bonds. The van der Waals surface area contributed by atoms with Gasteiger partial charge >= 0.3 is 0 Å². The fourth-order valence-corrected chi connectivity index (χ4v) is 3.40. The Kier molecular flexibility index (Phi) is 4.48. The van der Waals surface area contributed by atoms with E-state index in [0.717, 1.165) is 6.42 Å². The van der Waals surface area contributed by atoms with E-state index in [0.29, 0.717) is 11.6 Å². The molecule has 2 fully saturated rings. The molecule has 1 saturated heterocycles. The summed E-state index contributed by atoms with van der Waals surface area (Å²) >= 11 is 0. The molecule has 1 unspecified atom stereocenters. The fraction of sp³-hybridized carbons (Fsp3) is 0.867. The van der Waals surface area contributed by atoms with Gasteiger partial charge in [0.25, 0.3) is 0 Å². The molecule has 0 radical (unpaired) electrons. The van der Waals surface area contributed by atoms with Gasteiger partial charge in [-0.1, -0.05) is 19.3 Å².